The molecule has 0 saturated heterocycles. The lowest BCUT2D eigenvalue weighted by Crippen LogP contribution is -2.14. The second-order valence-corrected chi connectivity index (χ2v) is 6.08. The summed E-state index contributed by atoms with van der Waals surface area (Å²) in [6.45, 7) is 0.649. The summed E-state index contributed by atoms with van der Waals surface area (Å²) in [5.74, 6) is -0.912. The maximum atomic E-state index is 13.5. The van der Waals surface area contributed by atoms with Crippen molar-refractivity contribution in [2.24, 2.45) is 0 Å². The first-order valence-corrected chi connectivity index (χ1v) is 8.17. The summed E-state index contributed by atoms with van der Waals surface area (Å²) in [6, 6.07) is 7.72. The van der Waals surface area contributed by atoms with Gasteiger partial charge in [-0.3, -0.25) is 14.5 Å². The van der Waals surface area contributed by atoms with Gasteiger partial charge in [-0.2, -0.15) is 5.10 Å². The lowest BCUT2D eigenvalue weighted by atomic mass is 10.2. The van der Waals surface area contributed by atoms with Crippen LogP contribution in [-0.4, -0.2) is 20.7 Å². The van der Waals surface area contributed by atoms with E-state index in [4.69, 9.17) is 23.2 Å². The number of benzene rings is 1. The Morgan fingerprint density at radius 3 is 2.68 bits per heavy atom. The lowest BCUT2D eigenvalue weighted by molar-refractivity contribution is 0.102. The Kier molecular flexibility index (Phi) is 5.31. The molecule has 0 saturated carbocycles. The van der Waals surface area contributed by atoms with Crippen molar-refractivity contribution >= 4 is 34.9 Å². The fourth-order valence-corrected chi connectivity index (χ4v) is 2.70. The highest BCUT2D eigenvalue weighted by Gasteiger charge is 2.15. The third-order valence-electron chi connectivity index (χ3n) is 3.52. The van der Waals surface area contributed by atoms with Gasteiger partial charge in [0.05, 0.1) is 15.6 Å². The van der Waals surface area contributed by atoms with E-state index in [1.165, 1.54) is 6.07 Å². The minimum Gasteiger partial charge on any atom is -0.305 e. The Balaban J connectivity index is 1.65. The van der Waals surface area contributed by atoms with E-state index < -0.39 is 11.7 Å². The van der Waals surface area contributed by atoms with Gasteiger partial charge in [-0.1, -0.05) is 23.2 Å². The summed E-state index contributed by atoms with van der Waals surface area (Å²) in [4.78, 5) is 16.2. The molecule has 1 aromatic carbocycles. The molecule has 0 aliphatic heterocycles. The smallest absolute Gasteiger partial charge is 0.258 e. The van der Waals surface area contributed by atoms with Gasteiger partial charge in [0.1, 0.15) is 5.82 Å². The first-order valence-electron chi connectivity index (χ1n) is 7.41. The van der Waals surface area contributed by atoms with Gasteiger partial charge in [-0.05, 0) is 36.2 Å². The van der Waals surface area contributed by atoms with Crippen LogP contribution < -0.4 is 5.32 Å². The van der Waals surface area contributed by atoms with Gasteiger partial charge in [-0.25, -0.2) is 4.39 Å². The first kappa shape index (κ1) is 17.4. The molecule has 128 valence electrons. The summed E-state index contributed by atoms with van der Waals surface area (Å²) < 4.78 is 15.2. The van der Waals surface area contributed by atoms with Gasteiger partial charge in [0.15, 0.2) is 5.82 Å². The Bertz CT molecular complexity index is 899. The topological polar surface area (TPSA) is 59.8 Å². The largest absolute Gasteiger partial charge is 0.305 e. The molecule has 0 unspecified atom stereocenters. The SMILES string of the molecule is O=C(Nc1ccn(CCc2ccncc2)n1)c1cc(F)c(Cl)cc1Cl. The van der Waals surface area contributed by atoms with Gasteiger partial charge in [-0.15, -0.1) is 0 Å². The molecule has 0 fully saturated rings. The number of carbonyl (C=O) groups excluding carboxylic acids is 1. The number of hydrogen-bond donors (Lipinski definition) is 1. The number of nitrogens with one attached hydrogen (secondary N) is 1. The molecule has 2 aromatic heterocycles. The van der Waals surface area contributed by atoms with Crippen molar-refractivity contribution in [3.63, 3.8) is 0 Å². The van der Waals surface area contributed by atoms with Gasteiger partial charge in [0, 0.05) is 31.2 Å². The molecule has 0 spiro atoms. The van der Waals surface area contributed by atoms with Crippen molar-refractivity contribution < 1.29 is 9.18 Å². The van der Waals surface area contributed by atoms with Crippen molar-refractivity contribution in [1.82, 2.24) is 14.8 Å². The lowest BCUT2D eigenvalue weighted by Gasteiger charge is -2.06. The van der Waals surface area contributed by atoms with Crippen LogP contribution in [0.15, 0.2) is 48.9 Å². The van der Waals surface area contributed by atoms with Gasteiger partial charge < -0.3 is 5.32 Å². The number of amides is 1. The van der Waals surface area contributed by atoms with E-state index in [-0.39, 0.29) is 15.6 Å². The fourth-order valence-electron chi connectivity index (χ4n) is 2.23. The summed E-state index contributed by atoms with van der Waals surface area (Å²) in [5.41, 5.74) is 1.13. The molecule has 3 aromatic rings. The van der Waals surface area contributed by atoms with Crippen molar-refractivity contribution in [3.8, 4) is 0 Å². The molecule has 0 aliphatic rings. The standard InChI is InChI=1S/C17H13Cl2FN4O/c18-13-10-14(19)15(20)9-12(13)17(25)22-16-4-8-24(23-16)7-3-11-1-5-21-6-2-11/h1-2,4-6,8-10H,3,7H2,(H,22,23,25). The van der Waals surface area contributed by atoms with Gasteiger partial charge in [0.2, 0.25) is 0 Å². The molecule has 3 rings (SSSR count). The molecular weight excluding hydrogens is 366 g/mol. The molecule has 0 radical (unpaired) electrons. The quantitative estimate of drug-likeness (QED) is 0.676. The highest BCUT2D eigenvalue weighted by molar-refractivity contribution is 6.37. The number of pyridine rings is 1. The number of nitrogens with zero attached hydrogens (tertiary/aromatic N) is 3. The Hall–Kier alpha value is -2.44. The molecule has 0 atom stereocenters. The third kappa shape index (κ3) is 4.35. The second kappa shape index (κ2) is 7.63. The van der Waals surface area contributed by atoms with Crippen LogP contribution in [0.25, 0.3) is 0 Å². The van der Waals surface area contributed by atoms with Crippen molar-refractivity contribution in [2.75, 3.05) is 5.32 Å². The molecule has 0 bridgehead atoms. The first-order chi connectivity index (χ1) is 12.0. The van der Waals surface area contributed by atoms with E-state index in [0.29, 0.717) is 12.4 Å². The zero-order valence-electron chi connectivity index (χ0n) is 12.9. The van der Waals surface area contributed by atoms with Crippen LogP contribution in [0.4, 0.5) is 10.2 Å². The number of hydrogen-bond acceptors (Lipinski definition) is 3. The predicted molar refractivity (Wildman–Crippen MR) is 94.5 cm³/mol. The summed E-state index contributed by atoms with van der Waals surface area (Å²) in [5, 5.41) is 6.79. The van der Waals surface area contributed by atoms with Crippen LogP contribution in [0.5, 0.6) is 0 Å². The van der Waals surface area contributed by atoms with Crippen LogP contribution in [0.1, 0.15) is 15.9 Å². The minimum atomic E-state index is -0.709. The van der Waals surface area contributed by atoms with E-state index in [1.54, 1.807) is 29.3 Å². The second-order valence-electron chi connectivity index (χ2n) is 5.27. The van der Waals surface area contributed by atoms with Gasteiger partial charge in [0.25, 0.3) is 5.91 Å². The van der Waals surface area contributed by atoms with Crippen molar-refractivity contribution in [1.29, 1.82) is 0 Å². The zero-order valence-corrected chi connectivity index (χ0v) is 14.4. The molecule has 1 N–H and O–H groups in total. The summed E-state index contributed by atoms with van der Waals surface area (Å²) in [6.07, 6.45) is 6.00. The van der Waals surface area contributed by atoms with E-state index in [9.17, 15) is 9.18 Å². The Morgan fingerprint density at radius 2 is 1.92 bits per heavy atom. The minimum absolute atomic E-state index is 0.00472. The highest BCUT2D eigenvalue weighted by Crippen LogP contribution is 2.25. The predicted octanol–water partition coefficient (Wildman–Crippen LogP) is 4.22. The number of anilines is 1. The zero-order chi connectivity index (χ0) is 17.8. The van der Waals surface area contributed by atoms with Crippen LogP contribution in [-0.2, 0) is 13.0 Å². The average Bonchev–Trinajstić information content (AvgIpc) is 3.04. The summed E-state index contributed by atoms with van der Waals surface area (Å²) in [7, 11) is 0. The number of carbonyl (C=O) groups is 1. The van der Waals surface area contributed by atoms with Crippen LogP contribution in [0, 0.1) is 5.82 Å². The van der Waals surface area contributed by atoms with Crippen molar-refractivity contribution in [2.45, 2.75) is 13.0 Å². The Labute approximate surface area is 153 Å². The van der Waals surface area contributed by atoms with E-state index in [1.807, 2.05) is 12.1 Å². The highest BCUT2D eigenvalue weighted by atomic mass is 35.5. The van der Waals surface area contributed by atoms with Crippen LogP contribution >= 0.6 is 23.2 Å². The van der Waals surface area contributed by atoms with E-state index >= 15 is 0 Å². The third-order valence-corrected chi connectivity index (χ3v) is 4.12. The molecule has 0 aliphatic carbocycles. The molecule has 2 heterocycles. The normalized spacial score (nSPS) is 10.7. The maximum absolute atomic E-state index is 13.5. The number of rotatable bonds is 5. The van der Waals surface area contributed by atoms with E-state index in [0.717, 1.165) is 18.1 Å². The van der Waals surface area contributed by atoms with Crippen LogP contribution in [0.2, 0.25) is 10.0 Å². The van der Waals surface area contributed by atoms with Gasteiger partial charge >= 0.3 is 0 Å². The number of aromatic nitrogens is 3. The molecular formula is C17H13Cl2FN4O. The molecule has 1 amide bonds. The monoisotopic (exact) mass is 378 g/mol. The average molecular weight is 379 g/mol. The summed E-state index contributed by atoms with van der Waals surface area (Å²) >= 11 is 11.6. The maximum Gasteiger partial charge on any atom is 0.258 e. The number of halogens is 3. The molecule has 25 heavy (non-hydrogen) atoms. The molecule has 8 heteroatoms. The fraction of sp³-hybridized carbons (Fsp3) is 0.118. The van der Waals surface area contributed by atoms with Crippen molar-refractivity contribution in [3.05, 3.63) is 75.9 Å². The van der Waals surface area contributed by atoms with E-state index in [2.05, 4.69) is 15.4 Å². The Morgan fingerprint density at radius 1 is 1.16 bits per heavy atom. The van der Waals surface area contributed by atoms with Crippen LogP contribution in [0.3, 0.4) is 0 Å². The molecule has 5 nitrogen and oxygen atoms in total. The number of aryl methyl sites for hydroxylation is 2.